The van der Waals surface area contributed by atoms with Crippen LogP contribution in [0.1, 0.15) is 36.7 Å². The first-order chi connectivity index (χ1) is 12.5. The Morgan fingerprint density at radius 3 is 2.65 bits per heavy atom. The first-order valence-electron chi connectivity index (χ1n) is 8.73. The molecule has 2 heterocycles. The maximum absolute atomic E-state index is 5.44. The van der Waals surface area contributed by atoms with Crippen LogP contribution >= 0.6 is 12.2 Å². The summed E-state index contributed by atoms with van der Waals surface area (Å²) >= 11 is 5.44. The van der Waals surface area contributed by atoms with Gasteiger partial charge >= 0.3 is 0 Å². The summed E-state index contributed by atoms with van der Waals surface area (Å²) in [6.07, 6.45) is 5.79. The molecule has 0 spiro atoms. The zero-order chi connectivity index (χ0) is 18.5. The van der Waals surface area contributed by atoms with E-state index >= 15 is 0 Å². The van der Waals surface area contributed by atoms with Crippen molar-refractivity contribution in [2.75, 3.05) is 5.32 Å². The number of nitrogens with one attached hydrogen (secondary N) is 2. The second-order valence-electron chi connectivity index (χ2n) is 6.26. The van der Waals surface area contributed by atoms with Crippen molar-refractivity contribution in [2.45, 2.75) is 39.9 Å². The van der Waals surface area contributed by atoms with Crippen molar-refractivity contribution < 1.29 is 0 Å². The first-order valence-corrected chi connectivity index (χ1v) is 9.14. The SMILES string of the molecule is CCn1cc(C(C)NC(=S)Nc2cnn(Cc3ccccc3)c2)c(C)n1. The highest BCUT2D eigenvalue weighted by atomic mass is 32.1. The van der Waals surface area contributed by atoms with Gasteiger partial charge in [0.15, 0.2) is 5.11 Å². The maximum atomic E-state index is 5.44. The molecule has 7 heteroatoms. The molecule has 1 atom stereocenters. The van der Waals surface area contributed by atoms with E-state index in [4.69, 9.17) is 12.2 Å². The molecule has 0 saturated heterocycles. The number of hydrogen-bond donors (Lipinski definition) is 2. The summed E-state index contributed by atoms with van der Waals surface area (Å²) in [5, 5.41) is 15.9. The van der Waals surface area contributed by atoms with Crippen molar-refractivity contribution in [3.8, 4) is 0 Å². The molecule has 0 saturated carbocycles. The van der Waals surface area contributed by atoms with E-state index in [0.717, 1.165) is 30.0 Å². The first kappa shape index (κ1) is 18.1. The van der Waals surface area contributed by atoms with Crippen molar-refractivity contribution in [1.82, 2.24) is 24.9 Å². The molecule has 0 aliphatic heterocycles. The van der Waals surface area contributed by atoms with Crippen molar-refractivity contribution in [3.63, 3.8) is 0 Å². The third-order valence-electron chi connectivity index (χ3n) is 4.20. The molecule has 1 aromatic carbocycles. The van der Waals surface area contributed by atoms with Gasteiger partial charge in [0.1, 0.15) is 0 Å². The third-order valence-corrected chi connectivity index (χ3v) is 4.42. The second kappa shape index (κ2) is 8.14. The van der Waals surface area contributed by atoms with Crippen LogP contribution in [0.25, 0.3) is 0 Å². The minimum absolute atomic E-state index is 0.0784. The third kappa shape index (κ3) is 4.49. The van der Waals surface area contributed by atoms with Crippen LogP contribution in [0.4, 0.5) is 5.69 Å². The highest BCUT2D eigenvalue weighted by Crippen LogP contribution is 2.16. The molecule has 6 nitrogen and oxygen atoms in total. The van der Waals surface area contributed by atoms with E-state index in [2.05, 4.69) is 53.0 Å². The van der Waals surface area contributed by atoms with Gasteiger partial charge in [-0.25, -0.2) is 0 Å². The molecule has 0 bridgehead atoms. The van der Waals surface area contributed by atoms with E-state index in [1.807, 2.05) is 40.7 Å². The van der Waals surface area contributed by atoms with E-state index in [9.17, 15) is 0 Å². The number of aromatic nitrogens is 4. The average Bonchev–Trinajstić information content (AvgIpc) is 3.21. The summed E-state index contributed by atoms with van der Waals surface area (Å²) in [6.45, 7) is 7.76. The standard InChI is InChI=1S/C19H24N6S/c1-4-24-13-18(15(3)23-24)14(2)21-19(26)22-17-10-20-25(12-17)11-16-8-6-5-7-9-16/h5-10,12-14H,4,11H2,1-3H3,(H2,21,22,26). The Kier molecular flexibility index (Phi) is 5.68. The lowest BCUT2D eigenvalue weighted by molar-refractivity contribution is 0.651. The van der Waals surface area contributed by atoms with Crippen LogP contribution in [0, 0.1) is 6.92 Å². The topological polar surface area (TPSA) is 59.7 Å². The van der Waals surface area contributed by atoms with Gasteiger partial charge in [0.05, 0.1) is 30.2 Å². The van der Waals surface area contributed by atoms with E-state index in [1.165, 1.54) is 5.56 Å². The van der Waals surface area contributed by atoms with Crippen LogP contribution in [0.2, 0.25) is 0 Å². The second-order valence-corrected chi connectivity index (χ2v) is 6.67. The molecule has 0 fully saturated rings. The van der Waals surface area contributed by atoms with Gasteiger partial charge in [0, 0.05) is 24.5 Å². The van der Waals surface area contributed by atoms with Gasteiger partial charge in [-0.3, -0.25) is 9.36 Å². The van der Waals surface area contributed by atoms with Gasteiger partial charge in [0.25, 0.3) is 0 Å². The monoisotopic (exact) mass is 368 g/mol. The summed E-state index contributed by atoms with van der Waals surface area (Å²) in [6, 6.07) is 10.3. The summed E-state index contributed by atoms with van der Waals surface area (Å²) in [7, 11) is 0. The minimum Gasteiger partial charge on any atom is -0.356 e. The van der Waals surface area contributed by atoms with Gasteiger partial charge in [-0.15, -0.1) is 0 Å². The summed E-state index contributed by atoms with van der Waals surface area (Å²) in [5.74, 6) is 0. The molecule has 2 N–H and O–H groups in total. The highest BCUT2D eigenvalue weighted by molar-refractivity contribution is 7.80. The van der Waals surface area contributed by atoms with Gasteiger partial charge < -0.3 is 10.6 Å². The van der Waals surface area contributed by atoms with E-state index in [-0.39, 0.29) is 6.04 Å². The zero-order valence-corrected chi connectivity index (χ0v) is 16.1. The fraction of sp³-hybridized carbons (Fsp3) is 0.316. The molecule has 0 aliphatic rings. The lowest BCUT2D eigenvalue weighted by Crippen LogP contribution is -2.30. The molecule has 26 heavy (non-hydrogen) atoms. The Morgan fingerprint density at radius 1 is 1.19 bits per heavy atom. The fourth-order valence-corrected chi connectivity index (χ4v) is 3.14. The van der Waals surface area contributed by atoms with Gasteiger partial charge in [-0.05, 0) is 38.6 Å². The van der Waals surface area contributed by atoms with Gasteiger partial charge in [-0.2, -0.15) is 10.2 Å². The number of thiocarbonyl (C=S) groups is 1. The Morgan fingerprint density at radius 2 is 1.96 bits per heavy atom. The Bertz CT molecular complexity index is 867. The summed E-state index contributed by atoms with van der Waals surface area (Å²) in [5.41, 5.74) is 4.24. The van der Waals surface area contributed by atoms with Crippen molar-refractivity contribution >= 4 is 23.0 Å². The van der Waals surface area contributed by atoms with E-state index in [0.29, 0.717) is 5.11 Å². The van der Waals surface area contributed by atoms with Gasteiger partial charge in [0.2, 0.25) is 0 Å². The number of nitrogens with zero attached hydrogens (tertiary/aromatic N) is 4. The summed E-state index contributed by atoms with van der Waals surface area (Å²) < 4.78 is 3.83. The smallest absolute Gasteiger partial charge is 0.171 e. The Hall–Kier alpha value is -2.67. The Balaban J connectivity index is 1.57. The van der Waals surface area contributed by atoms with Crippen LogP contribution in [0.15, 0.2) is 48.9 Å². The Labute approximate surface area is 159 Å². The highest BCUT2D eigenvalue weighted by Gasteiger charge is 2.13. The molecule has 3 rings (SSSR count). The molecule has 0 amide bonds. The van der Waals surface area contributed by atoms with Crippen molar-refractivity contribution in [1.29, 1.82) is 0 Å². The predicted octanol–water partition coefficient (Wildman–Crippen LogP) is 3.50. The van der Waals surface area contributed by atoms with Crippen molar-refractivity contribution in [2.24, 2.45) is 0 Å². The normalized spacial score (nSPS) is 12.0. The quantitative estimate of drug-likeness (QED) is 0.652. The lowest BCUT2D eigenvalue weighted by Gasteiger charge is -2.15. The number of benzene rings is 1. The van der Waals surface area contributed by atoms with Crippen molar-refractivity contribution in [3.05, 3.63) is 65.7 Å². The predicted molar refractivity (Wildman–Crippen MR) is 108 cm³/mol. The van der Waals surface area contributed by atoms with Gasteiger partial charge in [-0.1, -0.05) is 30.3 Å². The average molecular weight is 369 g/mol. The molecule has 3 aromatic rings. The molecular formula is C19H24N6S. The number of anilines is 1. The fourth-order valence-electron chi connectivity index (χ4n) is 2.85. The molecule has 2 aromatic heterocycles. The molecule has 0 radical (unpaired) electrons. The number of hydrogen-bond acceptors (Lipinski definition) is 3. The number of aryl methyl sites for hydroxylation is 2. The summed E-state index contributed by atoms with van der Waals surface area (Å²) in [4.78, 5) is 0. The van der Waals surface area contributed by atoms with E-state index in [1.54, 1.807) is 6.20 Å². The lowest BCUT2D eigenvalue weighted by atomic mass is 10.1. The number of rotatable bonds is 6. The molecular weight excluding hydrogens is 344 g/mol. The maximum Gasteiger partial charge on any atom is 0.171 e. The molecule has 1 unspecified atom stereocenters. The minimum atomic E-state index is 0.0784. The zero-order valence-electron chi connectivity index (χ0n) is 15.3. The molecule has 136 valence electrons. The van der Waals surface area contributed by atoms with Crippen LogP contribution < -0.4 is 10.6 Å². The van der Waals surface area contributed by atoms with Crippen LogP contribution in [-0.4, -0.2) is 24.7 Å². The largest absolute Gasteiger partial charge is 0.356 e. The van der Waals surface area contributed by atoms with Crippen LogP contribution in [0.3, 0.4) is 0 Å². The van der Waals surface area contributed by atoms with E-state index < -0.39 is 0 Å². The van der Waals surface area contributed by atoms with Crippen LogP contribution in [-0.2, 0) is 13.1 Å². The molecule has 0 aliphatic carbocycles. The van der Waals surface area contributed by atoms with Crippen LogP contribution in [0.5, 0.6) is 0 Å².